The molecule has 2 atom stereocenters. The van der Waals surface area contributed by atoms with Gasteiger partial charge in [-0.15, -0.1) is 0 Å². The third kappa shape index (κ3) is 16.6. The Bertz CT molecular complexity index is 2260. The Kier molecular flexibility index (Phi) is 23.2. The van der Waals surface area contributed by atoms with Gasteiger partial charge in [0.05, 0.1) is 0 Å². The summed E-state index contributed by atoms with van der Waals surface area (Å²) in [5.41, 5.74) is 3.16. The molecule has 0 saturated carbocycles. The van der Waals surface area contributed by atoms with Crippen LogP contribution in [0, 0.1) is 23.3 Å². The fourth-order valence-corrected chi connectivity index (χ4v) is 19.1. The van der Waals surface area contributed by atoms with Crippen LogP contribution in [-0.4, -0.2) is 23.9 Å². The molecule has 2 amide bonds. The van der Waals surface area contributed by atoms with Gasteiger partial charge in [-0.25, -0.2) is 0 Å². The van der Waals surface area contributed by atoms with Crippen LogP contribution >= 0.6 is 0 Å². The average molecular weight is 1010 g/mol. The van der Waals surface area contributed by atoms with Crippen LogP contribution in [0.2, 0.25) is 0 Å². The smallest absolute Gasteiger partial charge is 0.0622 e. The topological polar surface area (TPSA) is 58.2 Å². The van der Waals surface area contributed by atoms with Crippen molar-refractivity contribution >= 4 is 19.6 Å². The number of rotatable bonds is 32. The molecule has 6 rings (SSSR count). The number of unbranched alkanes of at least 4 members (excludes halogenated alkanes) is 14. The van der Waals surface area contributed by atoms with Crippen LogP contribution in [0.25, 0.3) is 0 Å². The van der Waals surface area contributed by atoms with Crippen molar-refractivity contribution < 1.29 is 43.7 Å². The SMILES string of the molecule is CC(Cc1ccc(F)[c]([Ti]([C]2=CC=CC2)([C]2=CC=CC2)[c]2c(F)ccc(CC(C)NC(=O)CCCCCCCCCCc3ccccc3)c2F)c1F)NC(=O)CCCCCCCCCCc1ccccc1. The van der Waals surface area contributed by atoms with Crippen molar-refractivity contribution in [2.24, 2.45) is 0 Å². The number of hydrogen-bond donors (Lipinski definition) is 2. The molecule has 4 aromatic carbocycles. The van der Waals surface area contributed by atoms with Gasteiger partial charge in [0.1, 0.15) is 0 Å². The van der Waals surface area contributed by atoms with E-state index < -0.39 is 51.9 Å². The van der Waals surface area contributed by atoms with Crippen molar-refractivity contribution in [3.8, 4) is 0 Å². The summed E-state index contributed by atoms with van der Waals surface area (Å²) in [6.45, 7) is 3.61. The molecule has 380 valence electrons. The Morgan fingerprint density at radius 1 is 0.479 bits per heavy atom. The van der Waals surface area contributed by atoms with Gasteiger partial charge in [-0.05, 0) is 36.8 Å². The van der Waals surface area contributed by atoms with E-state index in [1.54, 1.807) is 38.2 Å². The Hall–Kier alpha value is -4.79. The number of hydrogen-bond acceptors (Lipinski definition) is 2. The molecule has 0 spiro atoms. The van der Waals surface area contributed by atoms with Gasteiger partial charge in [0.15, 0.2) is 0 Å². The summed E-state index contributed by atoms with van der Waals surface area (Å²) in [6, 6.07) is 25.5. The molecule has 0 radical (unpaired) electrons. The maximum absolute atomic E-state index is 17.5. The van der Waals surface area contributed by atoms with Gasteiger partial charge >= 0.3 is 293 Å². The van der Waals surface area contributed by atoms with Crippen LogP contribution < -0.4 is 18.4 Å². The Labute approximate surface area is 426 Å². The Morgan fingerprint density at radius 2 is 0.831 bits per heavy atom. The molecular formula is C62H78F4N2O2Ti. The zero-order valence-corrected chi connectivity index (χ0v) is 44.1. The number of aryl methyl sites for hydroxylation is 2. The zero-order chi connectivity index (χ0) is 50.3. The first kappa shape index (κ1) is 55.5. The molecule has 0 bridgehead atoms. The molecule has 0 saturated heterocycles. The van der Waals surface area contributed by atoms with Gasteiger partial charge in [0, 0.05) is 0 Å². The van der Waals surface area contributed by atoms with E-state index in [2.05, 4.69) is 59.2 Å². The van der Waals surface area contributed by atoms with Gasteiger partial charge in [0.2, 0.25) is 0 Å². The molecule has 4 nitrogen and oxygen atoms in total. The summed E-state index contributed by atoms with van der Waals surface area (Å²) in [5.74, 6) is -3.52. The quantitative estimate of drug-likeness (QED) is 0.0291. The zero-order valence-electron chi connectivity index (χ0n) is 42.5. The van der Waals surface area contributed by atoms with E-state index in [4.69, 9.17) is 0 Å². The van der Waals surface area contributed by atoms with Crippen molar-refractivity contribution in [1.29, 1.82) is 0 Å². The van der Waals surface area contributed by atoms with Crippen LogP contribution in [0.4, 0.5) is 17.6 Å². The number of nitrogens with one attached hydrogen (secondary N) is 2. The number of carbonyl (C=O) groups is 2. The van der Waals surface area contributed by atoms with Gasteiger partial charge in [-0.1, -0.05) is 99.2 Å². The van der Waals surface area contributed by atoms with E-state index in [1.807, 2.05) is 24.3 Å². The van der Waals surface area contributed by atoms with E-state index in [0.717, 1.165) is 64.2 Å². The molecule has 0 heterocycles. The van der Waals surface area contributed by atoms with Crippen LogP contribution in [0.5, 0.6) is 0 Å². The molecule has 9 heteroatoms. The van der Waals surface area contributed by atoms with Gasteiger partial charge in [0.25, 0.3) is 0 Å². The van der Waals surface area contributed by atoms with Crippen LogP contribution in [0.3, 0.4) is 0 Å². The number of carbonyl (C=O) groups excluding carboxylic acids is 2. The third-order valence-electron chi connectivity index (χ3n) is 14.4. The predicted molar refractivity (Wildman–Crippen MR) is 282 cm³/mol. The number of amides is 2. The van der Waals surface area contributed by atoms with Crippen LogP contribution in [0.15, 0.2) is 129 Å². The summed E-state index contributed by atoms with van der Waals surface area (Å²) < 4.78 is 69.4. The molecule has 2 aliphatic carbocycles. The van der Waals surface area contributed by atoms with Crippen molar-refractivity contribution in [2.45, 2.75) is 180 Å². The molecular weight excluding hydrogens is 929 g/mol. The third-order valence-corrected chi connectivity index (χ3v) is 22.3. The van der Waals surface area contributed by atoms with Gasteiger partial charge in [-0.2, -0.15) is 0 Å². The van der Waals surface area contributed by atoms with Crippen molar-refractivity contribution in [3.05, 3.63) is 175 Å². The second-order valence-electron chi connectivity index (χ2n) is 20.2. The minimum absolute atomic E-state index is 0.0832. The first-order valence-corrected chi connectivity index (χ1v) is 30.0. The normalized spacial score (nSPS) is 14.1. The number of halogens is 4. The second kappa shape index (κ2) is 29.7. The monoisotopic (exact) mass is 1010 g/mol. The first-order chi connectivity index (χ1) is 34.6. The summed E-state index contributed by atoms with van der Waals surface area (Å²) in [4.78, 5) is 26.1. The number of benzene rings is 4. The van der Waals surface area contributed by atoms with E-state index in [1.165, 1.54) is 86.8 Å². The van der Waals surface area contributed by atoms with Crippen LogP contribution in [0.1, 0.15) is 165 Å². The predicted octanol–water partition coefficient (Wildman–Crippen LogP) is 14.6. The summed E-state index contributed by atoms with van der Waals surface area (Å²) in [5, 5.41) is 6.04. The van der Waals surface area contributed by atoms with Crippen molar-refractivity contribution in [2.75, 3.05) is 0 Å². The summed E-state index contributed by atoms with van der Waals surface area (Å²) in [6.07, 6.45) is 32.3. The summed E-state index contributed by atoms with van der Waals surface area (Å²) >= 11 is -5.08. The molecule has 2 aliphatic rings. The minimum atomic E-state index is -5.08. The molecule has 2 unspecified atom stereocenters. The molecule has 71 heavy (non-hydrogen) atoms. The summed E-state index contributed by atoms with van der Waals surface area (Å²) in [7, 11) is 0. The Balaban J connectivity index is 1.04. The van der Waals surface area contributed by atoms with Gasteiger partial charge < -0.3 is 0 Å². The molecule has 0 aliphatic heterocycles. The molecule has 4 aromatic rings. The fourth-order valence-electron chi connectivity index (χ4n) is 10.7. The van der Waals surface area contributed by atoms with E-state index in [0.29, 0.717) is 33.4 Å². The van der Waals surface area contributed by atoms with Crippen molar-refractivity contribution in [1.82, 2.24) is 10.6 Å². The number of allylic oxidation sites excluding steroid dienone is 8. The Morgan fingerprint density at radius 3 is 1.18 bits per heavy atom. The van der Waals surface area contributed by atoms with Crippen LogP contribution in [-0.2, 0) is 51.9 Å². The maximum atomic E-state index is 17.5. The average Bonchev–Trinajstić information content (AvgIpc) is 4.12. The second-order valence-corrected chi connectivity index (χ2v) is 26.1. The molecule has 2 N–H and O–H groups in total. The first-order valence-electron chi connectivity index (χ1n) is 26.9. The van der Waals surface area contributed by atoms with E-state index in [9.17, 15) is 9.59 Å². The molecule has 0 aromatic heterocycles. The van der Waals surface area contributed by atoms with Gasteiger partial charge in [-0.3, -0.25) is 0 Å². The van der Waals surface area contributed by atoms with E-state index in [-0.39, 0.29) is 43.5 Å². The van der Waals surface area contributed by atoms with Crippen molar-refractivity contribution in [3.63, 3.8) is 0 Å². The van der Waals surface area contributed by atoms with E-state index >= 15 is 17.6 Å². The minimum Gasteiger partial charge on any atom is -0.0622 e. The molecule has 0 fully saturated rings. The fraction of sp³-hybridized carbons (Fsp3) is 0.452. The standard InChI is InChI=1S/2C26H34F2NO.2C5H5.Ti/c2*1-21(19-23-17-18-24(27)20-25(23)28)29-26(30)16-12-7-5-3-2-4-6-9-13-22-14-10-8-11-15-22;2*1-2-4-5-3-1;/h2*8,10-11,14-15,17-18,21H,2-7,9,12-13,16,19H2,1H3,(H,29,30);2*1-3H,4H2;.